The number of pyridine rings is 1. The number of thioether (sulfide) groups is 1. The monoisotopic (exact) mass is 299 g/mol. The molecule has 1 aromatic carbocycles. The van der Waals surface area contributed by atoms with E-state index in [9.17, 15) is 4.79 Å². The first kappa shape index (κ1) is 13.7. The molecule has 0 unspecified atom stereocenters. The number of nitrogens with one attached hydrogen (secondary N) is 1. The van der Waals surface area contributed by atoms with Crippen LogP contribution in [0.5, 0.6) is 0 Å². The number of fused-ring (bicyclic) bond motifs is 1. The van der Waals surface area contributed by atoms with Gasteiger partial charge in [0, 0.05) is 11.6 Å². The number of nitrogens with zero attached hydrogens (tertiary/aromatic N) is 1. The highest BCUT2D eigenvalue weighted by Gasteiger charge is 2.20. The molecule has 0 aliphatic carbocycles. The molecule has 0 aliphatic rings. The van der Waals surface area contributed by atoms with Gasteiger partial charge in [-0.05, 0) is 18.2 Å². The number of nitrogens with two attached hydrogens (primary N) is 1. The molecular formula is C15H13N3O2S. The second-order valence-corrected chi connectivity index (χ2v) is 5.32. The third kappa shape index (κ3) is 2.76. The number of hydrazine groups is 1. The van der Waals surface area contributed by atoms with Crippen molar-refractivity contribution in [3.05, 3.63) is 60.0 Å². The molecule has 106 valence electrons. The lowest BCUT2D eigenvalue weighted by Crippen LogP contribution is -2.30. The lowest BCUT2D eigenvalue weighted by atomic mass is 10.1. The Kier molecular flexibility index (Phi) is 3.89. The zero-order valence-corrected chi connectivity index (χ0v) is 11.9. The van der Waals surface area contributed by atoms with Gasteiger partial charge in [0.2, 0.25) is 0 Å². The van der Waals surface area contributed by atoms with E-state index in [-0.39, 0.29) is 5.91 Å². The molecule has 0 spiro atoms. The van der Waals surface area contributed by atoms with Crippen LogP contribution >= 0.6 is 11.8 Å². The molecule has 1 amide bonds. The number of carbonyl (C=O) groups excluding carboxylic acids is 1. The Morgan fingerprint density at radius 1 is 1.24 bits per heavy atom. The quantitative estimate of drug-likeness (QED) is 0.335. The molecule has 3 rings (SSSR count). The van der Waals surface area contributed by atoms with Gasteiger partial charge in [0.25, 0.3) is 5.91 Å². The van der Waals surface area contributed by atoms with E-state index in [1.54, 1.807) is 6.20 Å². The van der Waals surface area contributed by atoms with Gasteiger partial charge in [-0.25, -0.2) is 10.8 Å². The van der Waals surface area contributed by atoms with Crippen molar-refractivity contribution in [2.45, 2.75) is 10.8 Å². The van der Waals surface area contributed by atoms with Crippen LogP contribution in [0, 0.1) is 0 Å². The summed E-state index contributed by atoms with van der Waals surface area (Å²) in [5.74, 6) is 6.02. The fourth-order valence-electron chi connectivity index (χ4n) is 2.09. The van der Waals surface area contributed by atoms with Crippen molar-refractivity contribution < 1.29 is 9.21 Å². The molecule has 0 radical (unpaired) electrons. The van der Waals surface area contributed by atoms with E-state index in [2.05, 4.69) is 10.4 Å². The first-order chi connectivity index (χ1) is 10.3. The Labute approximate surface area is 125 Å². The van der Waals surface area contributed by atoms with E-state index in [1.165, 1.54) is 11.8 Å². The summed E-state index contributed by atoms with van der Waals surface area (Å²) < 4.78 is 5.78. The van der Waals surface area contributed by atoms with Crippen LogP contribution < -0.4 is 11.3 Å². The van der Waals surface area contributed by atoms with Crippen molar-refractivity contribution in [1.29, 1.82) is 0 Å². The van der Waals surface area contributed by atoms with Gasteiger partial charge in [-0.15, -0.1) is 0 Å². The Morgan fingerprint density at radius 2 is 2.05 bits per heavy atom. The zero-order valence-electron chi connectivity index (χ0n) is 11.1. The predicted octanol–water partition coefficient (Wildman–Crippen LogP) is 2.72. The average Bonchev–Trinajstić information content (AvgIpc) is 2.91. The van der Waals surface area contributed by atoms with E-state index in [0.717, 1.165) is 10.4 Å². The number of carbonyl (C=O) groups is 1. The molecule has 2 heterocycles. The summed E-state index contributed by atoms with van der Waals surface area (Å²) in [5.41, 5.74) is 3.33. The highest BCUT2D eigenvalue weighted by atomic mass is 32.2. The van der Waals surface area contributed by atoms with E-state index < -0.39 is 0 Å². The number of benzene rings is 1. The summed E-state index contributed by atoms with van der Waals surface area (Å²) in [6.45, 7) is 0. The molecule has 2 aromatic heterocycles. The van der Waals surface area contributed by atoms with Gasteiger partial charge < -0.3 is 4.42 Å². The van der Waals surface area contributed by atoms with Crippen LogP contribution in [-0.2, 0) is 5.75 Å². The van der Waals surface area contributed by atoms with Crippen LogP contribution in [0.1, 0.15) is 16.1 Å². The molecule has 0 saturated heterocycles. The minimum absolute atomic E-state index is 0.350. The molecular weight excluding hydrogens is 286 g/mol. The summed E-state index contributed by atoms with van der Waals surface area (Å²) in [5, 5.41) is 1.63. The summed E-state index contributed by atoms with van der Waals surface area (Å²) in [4.78, 5) is 16.2. The molecule has 0 fully saturated rings. The van der Waals surface area contributed by atoms with Crippen LogP contribution in [0.2, 0.25) is 0 Å². The predicted molar refractivity (Wildman–Crippen MR) is 81.7 cm³/mol. The number of rotatable bonds is 4. The van der Waals surface area contributed by atoms with Gasteiger partial charge in [0.05, 0.1) is 16.3 Å². The van der Waals surface area contributed by atoms with Gasteiger partial charge in [-0.2, -0.15) is 0 Å². The Bertz CT molecular complexity index is 771. The van der Waals surface area contributed by atoms with Gasteiger partial charge in [0.1, 0.15) is 11.3 Å². The Morgan fingerprint density at radius 3 is 2.81 bits per heavy atom. The van der Waals surface area contributed by atoms with Crippen LogP contribution in [0.4, 0.5) is 0 Å². The second kappa shape index (κ2) is 5.99. The van der Waals surface area contributed by atoms with Gasteiger partial charge in [-0.1, -0.05) is 36.0 Å². The summed E-state index contributed by atoms with van der Waals surface area (Å²) in [7, 11) is 0. The topological polar surface area (TPSA) is 81.1 Å². The first-order valence-corrected chi connectivity index (χ1v) is 7.33. The van der Waals surface area contributed by atoms with Gasteiger partial charge in [-0.3, -0.25) is 10.2 Å². The lowest BCUT2D eigenvalue weighted by Gasteiger charge is -2.02. The van der Waals surface area contributed by atoms with E-state index in [4.69, 9.17) is 10.3 Å². The lowest BCUT2D eigenvalue weighted by molar-refractivity contribution is 0.0953. The third-order valence-corrected chi connectivity index (χ3v) is 3.96. The third-order valence-electron chi connectivity index (χ3n) is 3.02. The standard InChI is InChI=1S/C15H13N3O2S/c16-18-15(19)14-10-5-1-2-6-11(10)20-12(14)9-21-13-7-3-4-8-17-13/h1-8H,9,16H2,(H,18,19). The zero-order chi connectivity index (χ0) is 14.7. The normalized spacial score (nSPS) is 10.7. The second-order valence-electron chi connectivity index (χ2n) is 4.33. The van der Waals surface area contributed by atoms with E-state index >= 15 is 0 Å². The number of aromatic nitrogens is 1. The maximum Gasteiger partial charge on any atom is 0.269 e. The maximum atomic E-state index is 12.0. The number of hydrogen-bond donors (Lipinski definition) is 2. The SMILES string of the molecule is NNC(=O)c1c(CSc2ccccn2)oc2ccccc12. The molecule has 0 atom stereocenters. The molecule has 6 heteroatoms. The van der Waals surface area contributed by atoms with Crippen molar-refractivity contribution in [3.8, 4) is 0 Å². The summed E-state index contributed by atoms with van der Waals surface area (Å²) in [6, 6.07) is 13.1. The van der Waals surface area contributed by atoms with Crippen LogP contribution in [-0.4, -0.2) is 10.9 Å². The molecule has 5 nitrogen and oxygen atoms in total. The van der Waals surface area contributed by atoms with Crippen LogP contribution in [0.3, 0.4) is 0 Å². The molecule has 3 aromatic rings. The van der Waals surface area contributed by atoms with E-state index in [1.807, 2.05) is 42.5 Å². The molecule has 0 saturated carbocycles. The van der Waals surface area contributed by atoms with Crippen LogP contribution in [0.25, 0.3) is 11.0 Å². The smallest absolute Gasteiger partial charge is 0.269 e. The number of nitrogen functional groups attached to an aromatic ring is 1. The number of amides is 1. The Hall–Kier alpha value is -2.31. The van der Waals surface area contributed by atoms with Gasteiger partial charge >= 0.3 is 0 Å². The van der Waals surface area contributed by atoms with Crippen molar-refractivity contribution in [2.24, 2.45) is 5.84 Å². The maximum absolute atomic E-state index is 12.0. The Balaban J connectivity index is 1.95. The fourth-order valence-corrected chi connectivity index (χ4v) is 2.88. The highest BCUT2D eigenvalue weighted by molar-refractivity contribution is 7.98. The summed E-state index contributed by atoms with van der Waals surface area (Å²) in [6.07, 6.45) is 1.73. The van der Waals surface area contributed by atoms with Crippen molar-refractivity contribution >= 4 is 28.6 Å². The fraction of sp³-hybridized carbons (Fsp3) is 0.0667. The van der Waals surface area contributed by atoms with Gasteiger partial charge in [0.15, 0.2) is 0 Å². The average molecular weight is 299 g/mol. The van der Waals surface area contributed by atoms with Crippen molar-refractivity contribution in [1.82, 2.24) is 10.4 Å². The number of hydrogen-bond acceptors (Lipinski definition) is 5. The highest BCUT2D eigenvalue weighted by Crippen LogP contribution is 2.30. The van der Waals surface area contributed by atoms with Crippen molar-refractivity contribution in [3.63, 3.8) is 0 Å². The minimum Gasteiger partial charge on any atom is -0.459 e. The molecule has 0 bridgehead atoms. The largest absolute Gasteiger partial charge is 0.459 e. The number of furan rings is 1. The minimum atomic E-state index is -0.350. The first-order valence-electron chi connectivity index (χ1n) is 6.35. The van der Waals surface area contributed by atoms with E-state index in [0.29, 0.717) is 22.7 Å². The number of para-hydroxylation sites is 1. The van der Waals surface area contributed by atoms with Crippen molar-refractivity contribution in [2.75, 3.05) is 0 Å². The van der Waals surface area contributed by atoms with Crippen LogP contribution in [0.15, 0.2) is 58.1 Å². The molecule has 0 aliphatic heterocycles. The summed E-state index contributed by atoms with van der Waals surface area (Å²) >= 11 is 1.51. The molecule has 21 heavy (non-hydrogen) atoms. The molecule has 3 N–H and O–H groups in total.